The highest BCUT2D eigenvalue weighted by molar-refractivity contribution is 6.31. The van der Waals surface area contributed by atoms with E-state index in [4.69, 9.17) is 27.6 Å². The van der Waals surface area contributed by atoms with Crippen LogP contribution < -0.4 is 0 Å². The first kappa shape index (κ1) is 11.4. The van der Waals surface area contributed by atoms with Gasteiger partial charge in [0.1, 0.15) is 5.38 Å². The standard InChI is InChI=1S/C10H7Cl2FN2O/c1-5(11)9-14-15-10(16-9)6-3-2-4-7(12)8(6)13/h2-5H,1H3. The van der Waals surface area contributed by atoms with Gasteiger partial charge in [0.05, 0.1) is 10.6 Å². The van der Waals surface area contributed by atoms with Crippen LogP contribution in [-0.4, -0.2) is 10.2 Å². The largest absolute Gasteiger partial charge is 0.419 e. The number of benzene rings is 1. The predicted octanol–water partition coefficient (Wildman–Crippen LogP) is 3.83. The Kier molecular flexibility index (Phi) is 3.12. The minimum Gasteiger partial charge on any atom is -0.419 e. The molecule has 1 atom stereocenters. The van der Waals surface area contributed by atoms with E-state index in [1.54, 1.807) is 13.0 Å². The Bertz CT molecular complexity index is 513. The average Bonchev–Trinajstić information content (AvgIpc) is 2.71. The van der Waals surface area contributed by atoms with Crippen molar-refractivity contribution >= 4 is 23.2 Å². The van der Waals surface area contributed by atoms with E-state index in [0.29, 0.717) is 0 Å². The van der Waals surface area contributed by atoms with Gasteiger partial charge in [-0.05, 0) is 19.1 Å². The van der Waals surface area contributed by atoms with Gasteiger partial charge in [-0.3, -0.25) is 0 Å². The van der Waals surface area contributed by atoms with E-state index in [1.807, 2.05) is 0 Å². The molecule has 16 heavy (non-hydrogen) atoms. The van der Waals surface area contributed by atoms with Gasteiger partial charge >= 0.3 is 0 Å². The molecule has 0 aliphatic rings. The Morgan fingerprint density at radius 1 is 1.38 bits per heavy atom. The van der Waals surface area contributed by atoms with Gasteiger partial charge in [0, 0.05) is 0 Å². The lowest BCUT2D eigenvalue weighted by Crippen LogP contribution is -1.85. The summed E-state index contributed by atoms with van der Waals surface area (Å²) in [6.07, 6.45) is 0. The zero-order valence-electron chi connectivity index (χ0n) is 8.25. The van der Waals surface area contributed by atoms with Crippen LogP contribution in [0.25, 0.3) is 11.5 Å². The third kappa shape index (κ3) is 2.03. The van der Waals surface area contributed by atoms with Crippen LogP contribution in [0, 0.1) is 5.82 Å². The van der Waals surface area contributed by atoms with Crippen molar-refractivity contribution in [2.75, 3.05) is 0 Å². The highest BCUT2D eigenvalue weighted by Gasteiger charge is 2.16. The van der Waals surface area contributed by atoms with Crippen molar-refractivity contribution in [2.45, 2.75) is 12.3 Å². The second-order valence-electron chi connectivity index (χ2n) is 3.16. The lowest BCUT2D eigenvalue weighted by molar-refractivity contribution is 0.503. The minimum absolute atomic E-state index is 0.0103. The summed E-state index contributed by atoms with van der Waals surface area (Å²) < 4.78 is 18.8. The highest BCUT2D eigenvalue weighted by atomic mass is 35.5. The number of hydrogen-bond donors (Lipinski definition) is 0. The summed E-state index contributed by atoms with van der Waals surface area (Å²) in [5, 5.41) is 7.01. The lowest BCUT2D eigenvalue weighted by Gasteiger charge is -1.99. The number of nitrogens with zero attached hydrogens (tertiary/aromatic N) is 2. The van der Waals surface area contributed by atoms with E-state index < -0.39 is 11.2 Å². The molecule has 0 radical (unpaired) electrons. The predicted molar refractivity (Wildman–Crippen MR) is 59.0 cm³/mol. The molecule has 0 spiro atoms. The van der Waals surface area contributed by atoms with Crippen LogP contribution >= 0.6 is 23.2 Å². The summed E-state index contributed by atoms with van der Waals surface area (Å²) in [7, 11) is 0. The van der Waals surface area contributed by atoms with Gasteiger partial charge < -0.3 is 4.42 Å². The number of rotatable bonds is 2. The van der Waals surface area contributed by atoms with Crippen LogP contribution in [0.3, 0.4) is 0 Å². The molecule has 3 nitrogen and oxygen atoms in total. The summed E-state index contributed by atoms with van der Waals surface area (Å²) in [6, 6.07) is 4.56. The van der Waals surface area contributed by atoms with Crippen molar-refractivity contribution in [3.05, 3.63) is 34.9 Å². The van der Waals surface area contributed by atoms with Crippen LogP contribution in [0.2, 0.25) is 5.02 Å². The van der Waals surface area contributed by atoms with E-state index in [0.717, 1.165) is 0 Å². The Balaban J connectivity index is 2.47. The van der Waals surface area contributed by atoms with Crippen molar-refractivity contribution in [3.63, 3.8) is 0 Å². The van der Waals surface area contributed by atoms with Gasteiger partial charge in [-0.1, -0.05) is 17.7 Å². The second-order valence-corrected chi connectivity index (χ2v) is 4.22. The van der Waals surface area contributed by atoms with Crippen LogP contribution in [0.1, 0.15) is 18.2 Å². The molecule has 0 N–H and O–H groups in total. The second kappa shape index (κ2) is 4.39. The maximum Gasteiger partial charge on any atom is 0.250 e. The summed E-state index contributed by atoms with van der Waals surface area (Å²) >= 11 is 11.4. The van der Waals surface area contributed by atoms with Crippen molar-refractivity contribution in [1.82, 2.24) is 10.2 Å². The van der Waals surface area contributed by atoms with Crippen molar-refractivity contribution in [2.24, 2.45) is 0 Å². The summed E-state index contributed by atoms with van der Waals surface area (Å²) in [5.41, 5.74) is 0.170. The molecule has 0 bridgehead atoms. The first-order valence-electron chi connectivity index (χ1n) is 4.51. The SMILES string of the molecule is CC(Cl)c1nnc(-c2cccc(Cl)c2F)o1. The minimum atomic E-state index is -0.582. The molecule has 2 rings (SSSR count). The van der Waals surface area contributed by atoms with Gasteiger partial charge in [-0.2, -0.15) is 0 Å². The Morgan fingerprint density at radius 2 is 2.12 bits per heavy atom. The van der Waals surface area contributed by atoms with Crippen LogP contribution in [0.15, 0.2) is 22.6 Å². The first-order chi connectivity index (χ1) is 7.59. The molecule has 1 unspecified atom stereocenters. The molecular formula is C10H7Cl2FN2O. The van der Waals surface area contributed by atoms with E-state index in [2.05, 4.69) is 10.2 Å². The normalized spacial score (nSPS) is 12.8. The number of halogens is 3. The third-order valence-corrected chi connectivity index (χ3v) is 2.44. The van der Waals surface area contributed by atoms with E-state index in [9.17, 15) is 4.39 Å². The number of hydrogen-bond acceptors (Lipinski definition) is 3. The monoisotopic (exact) mass is 260 g/mol. The molecule has 0 aliphatic carbocycles. The molecular weight excluding hydrogens is 254 g/mol. The van der Waals surface area contributed by atoms with Crippen molar-refractivity contribution < 1.29 is 8.81 Å². The molecule has 0 aliphatic heterocycles. The molecule has 2 aromatic rings. The van der Waals surface area contributed by atoms with Crippen LogP contribution in [0.5, 0.6) is 0 Å². The summed E-state index contributed by atoms with van der Waals surface area (Å²) in [5.74, 6) is -0.264. The fraction of sp³-hybridized carbons (Fsp3) is 0.200. The molecule has 84 valence electrons. The molecule has 0 saturated carbocycles. The molecule has 6 heteroatoms. The Labute approximate surface area is 101 Å². The fourth-order valence-corrected chi connectivity index (χ4v) is 1.44. The van der Waals surface area contributed by atoms with Crippen LogP contribution in [-0.2, 0) is 0 Å². The molecule has 0 saturated heterocycles. The van der Waals surface area contributed by atoms with Gasteiger partial charge in [0.25, 0.3) is 5.89 Å². The van der Waals surface area contributed by atoms with Crippen LogP contribution in [0.4, 0.5) is 4.39 Å². The van der Waals surface area contributed by atoms with Gasteiger partial charge in [0.2, 0.25) is 5.89 Å². The van der Waals surface area contributed by atoms with Gasteiger partial charge in [0.15, 0.2) is 5.82 Å². The van der Waals surface area contributed by atoms with E-state index in [1.165, 1.54) is 12.1 Å². The Morgan fingerprint density at radius 3 is 2.75 bits per heavy atom. The van der Waals surface area contributed by atoms with Gasteiger partial charge in [-0.25, -0.2) is 4.39 Å². The Hall–Kier alpha value is -1.13. The molecule has 1 heterocycles. The number of alkyl halides is 1. The smallest absolute Gasteiger partial charge is 0.250 e. The lowest BCUT2D eigenvalue weighted by atomic mass is 10.2. The number of aromatic nitrogens is 2. The van der Waals surface area contributed by atoms with E-state index in [-0.39, 0.29) is 22.4 Å². The van der Waals surface area contributed by atoms with Gasteiger partial charge in [-0.15, -0.1) is 21.8 Å². The van der Waals surface area contributed by atoms with E-state index >= 15 is 0 Å². The summed E-state index contributed by atoms with van der Waals surface area (Å²) in [6.45, 7) is 1.69. The highest BCUT2D eigenvalue weighted by Crippen LogP contribution is 2.28. The fourth-order valence-electron chi connectivity index (χ4n) is 1.17. The molecule has 1 aromatic heterocycles. The zero-order chi connectivity index (χ0) is 11.7. The van der Waals surface area contributed by atoms with Crippen molar-refractivity contribution in [1.29, 1.82) is 0 Å². The molecule has 1 aromatic carbocycles. The zero-order valence-corrected chi connectivity index (χ0v) is 9.76. The summed E-state index contributed by atoms with van der Waals surface area (Å²) in [4.78, 5) is 0. The maximum absolute atomic E-state index is 13.6. The maximum atomic E-state index is 13.6. The molecule has 0 amide bonds. The topological polar surface area (TPSA) is 38.9 Å². The van der Waals surface area contributed by atoms with Crippen molar-refractivity contribution in [3.8, 4) is 11.5 Å². The molecule has 0 fully saturated rings. The third-order valence-electron chi connectivity index (χ3n) is 1.96. The quantitative estimate of drug-likeness (QED) is 0.771. The average molecular weight is 261 g/mol. The first-order valence-corrected chi connectivity index (χ1v) is 5.33.